The molecule has 0 spiro atoms. The smallest absolute Gasteiger partial charge is 0.282 e. The first-order valence-electron chi connectivity index (χ1n) is 9.16. The number of fused-ring (bicyclic) bond motifs is 1. The number of nitrogens with one attached hydrogen (secondary N) is 2. The number of carbonyl (C=O) groups is 1. The molecule has 0 saturated carbocycles. The fourth-order valence-electron chi connectivity index (χ4n) is 3.55. The van der Waals surface area contributed by atoms with Gasteiger partial charge in [-0.3, -0.25) is 4.79 Å². The summed E-state index contributed by atoms with van der Waals surface area (Å²) in [5.41, 5.74) is 1.73. The van der Waals surface area contributed by atoms with E-state index < -0.39 is 0 Å². The highest BCUT2D eigenvalue weighted by atomic mass is 19.1. The monoisotopic (exact) mass is 372 g/mol. The van der Waals surface area contributed by atoms with Crippen molar-refractivity contribution >= 4 is 17.3 Å². The number of carbonyl (C=O) groups excluding carboxylic acids is 1. The van der Waals surface area contributed by atoms with Crippen LogP contribution in [0.1, 0.15) is 6.92 Å². The van der Waals surface area contributed by atoms with Crippen molar-refractivity contribution in [2.24, 2.45) is 0 Å². The maximum atomic E-state index is 13.1. The minimum atomic E-state index is -0.225. The molecule has 2 heterocycles. The third-order valence-corrected chi connectivity index (χ3v) is 5.24. The lowest BCUT2D eigenvalue weighted by molar-refractivity contribution is -0.914. The van der Waals surface area contributed by atoms with E-state index in [9.17, 15) is 9.18 Å². The van der Waals surface area contributed by atoms with Crippen molar-refractivity contribution in [1.29, 1.82) is 0 Å². The van der Waals surface area contributed by atoms with Gasteiger partial charge in [-0.25, -0.2) is 4.39 Å². The van der Waals surface area contributed by atoms with Crippen molar-refractivity contribution in [2.45, 2.75) is 13.0 Å². The molecule has 2 aliphatic rings. The molecule has 142 valence electrons. The molecule has 0 aliphatic carbocycles. The first-order valence-corrected chi connectivity index (χ1v) is 9.16. The maximum absolute atomic E-state index is 13.1. The van der Waals surface area contributed by atoms with Gasteiger partial charge < -0.3 is 24.6 Å². The fourth-order valence-corrected chi connectivity index (χ4v) is 3.55. The van der Waals surface area contributed by atoms with E-state index >= 15 is 0 Å². The number of hydrogen-bond acceptors (Lipinski definition) is 4. The molecular weight excluding hydrogens is 349 g/mol. The van der Waals surface area contributed by atoms with Crippen molar-refractivity contribution in [3.8, 4) is 11.5 Å². The van der Waals surface area contributed by atoms with Crippen LogP contribution >= 0.6 is 0 Å². The molecule has 4 rings (SSSR count). The molecule has 0 aromatic heterocycles. The summed E-state index contributed by atoms with van der Waals surface area (Å²) >= 11 is 0. The number of amides is 1. The van der Waals surface area contributed by atoms with Crippen molar-refractivity contribution in [3.63, 3.8) is 0 Å². The molecule has 2 aromatic carbocycles. The SMILES string of the molecule is C[C@@H](C(=O)Nc1ccc2c(c1)OCO2)[NH+]1CCN(c2ccc(F)cc2)CC1. The van der Waals surface area contributed by atoms with Gasteiger partial charge in [-0.05, 0) is 43.3 Å². The fraction of sp³-hybridized carbons (Fsp3) is 0.350. The molecule has 6 nitrogen and oxygen atoms in total. The molecule has 1 atom stereocenters. The van der Waals surface area contributed by atoms with Crippen LogP contribution in [0.25, 0.3) is 0 Å². The standard InChI is InChI=1S/C20H22FN3O3/c1-14(20(25)22-16-4-7-18-19(12-16)27-13-26-18)23-8-10-24(11-9-23)17-5-2-15(21)3-6-17/h2-7,12,14H,8-11,13H2,1H3,(H,22,25)/p+1/t14-/m0/s1. The summed E-state index contributed by atoms with van der Waals surface area (Å²) in [6, 6.07) is 11.8. The number of piperazine rings is 1. The summed E-state index contributed by atoms with van der Waals surface area (Å²) in [7, 11) is 0. The van der Waals surface area contributed by atoms with Crippen LogP contribution in [0.15, 0.2) is 42.5 Å². The van der Waals surface area contributed by atoms with Crippen LogP contribution in [0, 0.1) is 5.82 Å². The molecule has 0 radical (unpaired) electrons. The van der Waals surface area contributed by atoms with Gasteiger partial charge in [-0.2, -0.15) is 0 Å². The second-order valence-corrected chi connectivity index (χ2v) is 6.90. The van der Waals surface area contributed by atoms with Crippen LogP contribution in [0.5, 0.6) is 11.5 Å². The molecule has 2 aliphatic heterocycles. The number of rotatable bonds is 4. The average Bonchev–Trinajstić information content (AvgIpc) is 3.16. The minimum absolute atomic E-state index is 0.0147. The molecule has 0 bridgehead atoms. The number of ether oxygens (including phenoxy) is 2. The topological polar surface area (TPSA) is 55.2 Å². The Morgan fingerprint density at radius 1 is 1.11 bits per heavy atom. The molecular formula is C20H23FN3O3+. The molecule has 27 heavy (non-hydrogen) atoms. The van der Waals surface area contributed by atoms with Gasteiger partial charge >= 0.3 is 0 Å². The van der Waals surface area contributed by atoms with Crippen LogP contribution in [-0.4, -0.2) is 44.9 Å². The molecule has 2 aromatic rings. The van der Waals surface area contributed by atoms with Crippen LogP contribution in [-0.2, 0) is 4.79 Å². The highest BCUT2D eigenvalue weighted by Crippen LogP contribution is 2.34. The second-order valence-electron chi connectivity index (χ2n) is 6.90. The maximum Gasteiger partial charge on any atom is 0.282 e. The summed E-state index contributed by atoms with van der Waals surface area (Å²) in [5, 5.41) is 2.97. The van der Waals surface area contributed by atoms with Crippen molar-refractivity contribution in [1.82, 2.24) is 0 Å². The summed E-state index contributed by atoms with van der Waals surface area (Å²) in [6.45, 7) is 5.54. The highest BCUT2D eigenvalue weighted by Gasteiger charge is 2.29. The third-order valence-electron chi connectivity index (χ3n) is 5.24. The van der Waals surface area contributed by atoms with E-state index in [2.05, 4.69) is 10.2 Å². The van der Waals surface area contributed by atoms with Crippen LogP contribution < -0.4 is 24.6 Å². The summed E-state index contributed by atoms with van der Waals surface area (Å²) < 4.78 is 23.7. The number of benzene rings is 2. The number of halogens is 1. The van der Waals surface area contributed by atoms with Crippen LogP contribution in [0.2, 0.25) is 0 Å². The van der Waals surface area contributed by atoms with Crippen LogP contribution in [0.3, 0.4) is 0 Å². The molecule has 1 amide bonds. The second kappa shape index (κ2) is 7.44. The van der Waals surface area contributed by atoms with Gasteiger partial charge in [0.15, 0.2) is 17.5 Å². The van der Waals surface area contributed by atoms with Gasteiger partial charge in [0.2, 0.25) is 6.79 Å². The van der Waals surface area contributed by atoms with Crippen molar-refractivity contribution in [3.05, 3.63) is 48.3 Å². The first kappa shape index (κ1) is 17.6. The Labute approximate surface area is 157 Å². The zero-order valence-electron chi connectivity index (χ0n) is 15.2. The summed E-state index contributed by atoms with van der Waals surface area (Å²) in [5.74, 6) is 1.11. The van der Waals surface area contributed by atoms with Gasteiger partial charge in [-0.15, -0.1) is 0 Å². The number of anilines is 2. The normalized spacial score (nSPS) is 17.6. The van der Waals surface area contributed by atoms with Crippen molar-refractivity contribution < 1.29 is 23.6 Å². The first-order chi connectivity index (χ1) is 13.1. The van der Waals surface area contributed by atoms with E-state index in [4.69, 9.17) is 9.47 Å². The van der Waals surface area contributed by atoms with Crippen molar-refractivity contribution in [2.75, 3.05) is 43.2 Å². The molecule has 2 N–H and O–H groups in total. The van der Waals surface area contributed by atoms with Gasteiger partial charge in [0, 0.05) is 17.4 Å². The Hall–Kier alpha value is -2.80. The summed E-state index contributed by atoms with van der Waals surface area (Å²) in [4.78, 5) is 16.1. The largest absolute Gasteiger partial charge is 0.454 e. The Kier molecular flexibility index (Phi) is 4.85. The van der Waals surface area contributed by atoms with E-state index in [0.717, 1.165) is 31.9 Å². The number of nitrogens with zero attached hydrogens (tertiary/aromatic N) is 1. The quantitative estimate of drug-likeness (QED) is 0.849. The van der Waals surface area contributed by atoms with Gasteiger partial charge in [-0.1, -0.05) is 0 Å². The highest BCUT2D eigenvalue weighted by molar-refractivity contribution is 5.94. The Morgan fingerprint density at radius 2 is 1.81 bits per heavy atom. The average molecular weight is 372 g/mol. The van der Waals surface area contributed by atoms with E-state index in [-0.39, 0.29) is 24.6 Å². The van der Waals surface area contributed by atoms with E-state index in [0.29, 0.717) is 17.2 Å². The predicted octanol–water partition coefficient (Wildman–Crippen LogP) is 1.29. The predicted molar refractivity (Wildman–Crippen MR) is 100.0 cm³/mol. The zero-order valence-corrected chi connectivity index (χ0v) is 15.2. The molecule has 7 heteroatoms. The minimum Gasteiger partial charge on any atom is -0.454 e. The lowest BCUT2D eigenvalue weighted by Crippen LogP contribution is -3.19. The molecule has 1 saturated heterocycles. The number of quaternary nitrogens is 1. The van der Waals surface area contributed by atoms with Crippen LogP contribution in [0.4, 0.5) is 15.8 Å². The third kappa shape index (κ3) is 3.83. The molecule has 1 fully saturated rings. The lowest BCUT2D eigenvalue weighted by Gasteiger charge is -2.36. The lowest BCUT2D eigenvalue weighted by atomic mass is 10.2. The molecule has 0 unspecified atom stereocenters. The Bertz CT molecular complexity index is 820. The number of hydrogen-bond donors (Lipinski definition) is 2. The van der Waals surface area contributed by atoms with Gasteiger partial charge in [0.1, 0.15) is 5.82 Å². The Balaban J connectivity index is 1.32. The zero-order chi connectivity index (χ0) is 18.8. The van der Waals surface area contributed by atoms with E-state index in [1.54, 1.807) is 24.3 Å². The van der Waals surface area contributed by atoms with E-state index in [1.807, 2.05) is 13.0 Å². The van der Waals surface area contributed by atoms with Gasteiger partial charge in [0.25, 0.3) is 5.91 Å². The van der Waals surface area contributed by atoms with Gasteiger partial charge in [0.05, 0.1) is 26.2 Å². The van der Waals surface area contributed by atoms with E-state index in [1.165, 1.54) is 17.0 Å². The Morgan fingerprint density at radius 3 is 2.56 bits per heavy atom. The summed E-state index contributed by atoms with van der Waals surface area (Å²) in [6.07, 6.45) is 0.